The molecule has 0 atom stereocenters. The van der Waals surface area contributed by atoms with Crippen molar-refractivity contribution in [2.75, 3.05) is 0 Å². The van der Waals surface area contributed by atoms with E-state index in [-0.39, 0.29) is 22.6 Å². The van der Waals surface area contributed by atoms with Crippen molar-refractivity contribution in [1.82, 2.24) is 9.97 Å². The Morgan fingerprint density at radius 1 is 1.45 bits per heavy atom. The number of aromatic carboxylic acids is 1. The molecule has 0 amide bonds. The van der Waals surface area contributed by atoms with Crippen LogP contribution in [-0.2, 0) is 0 Å². The largest absolute Gasteiger partial charge is 0.478 e. The van der Waals surface area contributed by atoms with Gasteiger partial charge in [-0.25, -0.2) is 14.2 Å². The minimum Gasteiger partial charge on any atom is -0.478 e. The van der Waals surface area contributed by atoms with Crippen molar-refractivity contribution < 1.29 is 19.0 Å². The molecule has 5 nitrogen and oxygen atoms in total. The molecule has 3 rings (SSSR count). The number of pyridine rings is 1. The molecule has 2 N–H and O–H groups in total. The molecule has 0 aliphatic carbocycles. The van der Waals surface area contributed by atoms with Gasteiger partial charge >= 0.3 is 5.97 Å². The summed E-state index contributed by atoms with van der Waals surface area (Å²) in [4.78, 5) is 18.3. The Morgan fingerprint density at radius 2 is 2.23 bits per heavy atom. The maximum atomic E-state index is 13.7. The van der Waals surface area contributed by atoms with E-state index in [1.165, 1.54) is 13.1 Å². The average molecular weight is 321 g/mol. The number of aromatic amines is 1. The van der Waals surface area contributed by atoms with Gasteiger partial charge in [0.05, 0.1) is 11.2 Å². The molecule has 2 aromatic heterocycles. The second kappa shape index (κ2) is 5.31. The summed E-state index contributed by atoms with van der Waals surface area (Å²) < 4.78 is 19.2. The molecular weight excluding hydrogens is 311 g/mol. The fourth-order valence-corrected chi connectivity index (χ4v) is 2.29. The van der Waals surface area contributed by atoms with Crippen LogP contribution in [0.3, 0.4) is 0 Å². The van der Waals surface area contributed by atoms with Gasteiger partial charge in [-0.3, -0.25) is 0 Å². The Bertz CT molecular complexity index is 892. The number of ether oxygens (including phenoxy) is 1. The van der Waals surface area contributed by atoms with Crippen LogP contribution in [0.5, 0.6) is 11.5 Å². The van der Waals surface area contributed by atoms with Crippen LogP contribution >= 0.6 is 11.6 Å². The summed E-state index contributed by atoms with van der Waals surface area (Å²) in [6.07, 6.45) is 2.99. The number of nitrogens with zero attached hydrogens (tertiary/aromatic N) is 1. The van der Waals surface area contributed by atoms with Crippen LogP contribution in [0.4, 0.5) is 4.39 Å². The van der Waals surface area contributed by atoms with Crippen molar-refractivity contribution >= 4 is 28.6 Å². The van der Waals surface area contributed by atoms with Gasteiger partial charge in [-0.15, -0.1) is 0 Å². The second-order valence-corrected chi connectivity index (χ2v) is 5.07. The minimum absolute atomic E-state index is 0.0553. The predicted molar refractivity (Wildman–Crippen MR) is 79.3 cm³/mol. The Balaban J connectivity index is 2.09. The highest BCUT2D eigenvalue weighted by Crippen LogP contribution is 2.33. The standard InChI is InChI=1S/C15H10ClFN2O3/c1-7-12(17)3-2-9(15(20)21)13(7)22-8-4-10-11(16)6-19-14(10)18-5-8/h2-6H,1H3,(H,18,19)(H,20,21). The molecule has 0 fully saturated rings. The fourth-order valence-electron chi connectivity index (χ4n) is 2.09. The van der Waals surface area contributed by atoms with Gasteiger partial charge in [0.15, 0.2) is 0 Å². The Hall–Kier alpha value is -2.60. The zero-order valence-corrected chi connectivity index (χ0v) is 12.1. The lowest BCUT2D eigenvalue weighted by Gasteiger charge is -2.12. The van der Waals surface area contributed by atoms with Crippen molar-refractivity contribution in [3.63, 3.8) is 0 Å². The van der Waals surface area contributed by atoms with Crippen LogP contribution in [-0.4, -0.2) is 21.0 Å². The number of benzene rings is 1. The topological polar surface area (TPSA) is 75.2 Å². The number of carboxylic acid groups (broad SMARTS) is 1. The summed E-state index contributed by atoms with van der Waals surface area (Å²) >= 11 is 6.00. The Kier molecular flexibility index (Phi) is 3.46. The maximum absolute atomic E-state index is 13.7. The SMILES string of the molecule is Cc1c(F)ccc(C(=O)O)c1Oc1cnc2[nH]cc(Cl)c2c1. The van der Waals surface area contributed by atoms with Crippen LogP contribution in [0.2, 0.25) is 5.02 Å². The summed E-state index contributed by atoms with van der Waals surface area (Å²) in [5, 5.41) is 10.3. The molecule has 0 saturated heterocycles. The first-order valence-corrected chi connectivity index (χ1v) is 6.68. The quantitative estimate of drug-likeness (QED) is 0.760. The first-order valence-electron chi connectivity index (χ1n) is 6.30. The number of hydrogen-bond donors (Lipinski definition) is 2. The van der Waals surface area contributed by atoms with Crippen molar-refractivity contribution in [1.29, 1.82) is 0 Å². The molecule has 0 unspecified atom stereocenters. The van der Waals surface area contributed by atoms with Gasteiger partial charge in [0, 0.05) is 17.1 Å². The molecule has 22 heavy (non-hydrogen) atoms. The van der Waals surface area contributed by atoms with Gasteiger partial charge in [0.1, 0.15) is 28.5 Å². The number of halogens is 2. The smallest absolute Gasteiger partial charge is 0.339 e. The van der Waals surface area contributed by atoms with Crippen LogP contribution in [0.1, 0.15) is 15.9 Å². The number of rotatable bonds is 3. The Morgan fingerprint density at radius 3 is 2.95 bits per heavy atom. The molecule has 3 aromatic rings. The van der Waals surface area contributed by atoms with E-state index in [2.05, 4.69) is 9.97 Å². The van der Waals surface area contributed by atoms with Crippen molar-refractivity contribution in [2.24, 2.45) is 0 Å². The number of carboxylic acids is 1. The highest BCUT2D eigenvalue weighted by Gasteiger charge is 2.18. The van der Waals surface area contributed by atoms with E-state index in [0.29, 0.717) is 16.1 Å². The third-order valence-electron chi connectivity index (χ3n) is 3.25. The molecular formula is C15H10ClFN2O3. The third-order valence-corrected chi connectivity index (χ3v) is 3.56. The summed E-state index contributed by atoms with van der Waals surface area (Å²) in [6, 6.07) is 3.86. The predicted octanol–water partition coefficient (Wildman–Crippen LogP) is 4.15. The van der Waals surface area contributed by atoms with E-state index in [1.807, 2.05) is 0 Å². The van der Waals surface area contributed by atoms with Crippen LogP contribution in [0, 0.1) is 12.7 Å². The van der Waals surface area contributed by atoms with E-state index in [0.717, 1.165) is 12.1 Å². The Labute approximate surface area is 129 Å². The molecule has 0 saturated carbocycles. The molecule has 0 aliphatic rings. The molecule has 0 radical (unpaired) electrons. The normalized spacial score (nSPS) is 10.9. The van der Waals surface area contributed by atoms with Crippen molar-refractivity contribution in [3.05, 3.63) is 52.6 Å². The van der Waals surface area contributed by atoms with Gasteiger partial charge in [-0.1, -0.05) is 11.6 Å². The van der Waals surface area contributed by atoms with E-state index < -0.39 is 11.8 Å². The van der Waals surface area contributed by atoms with Crippen LogP contribution in [0.15, 0.2) is 30.6 Å². The molecule has 0 aliphatic heterocycles. The number of nitrogens with one attached hydrogen (secondary N) is 1. The maximum Gasteiger partial charge on any atom is 0.339 e. The number of carbonyl (C=O) groups is 1. The van der Waals surface area contributed by atoms with E-state index >= 15 is 0 Å². The first kappa shape index (κ1) is 14.3. The minimum atomic E-state index is -1.20. The van der Waals surface area contributed by atoms with Crippen LogP contribution < -0.4 is 4.74 Å². The average Bonchev–Trinajstić information content (AvgIpc) is 2.85. The van der Waals surface area contributed by atoms with E-state index in [9.17, 15) is 14.3 Å². The summed E-state index contributed by atoms with van der Waals surface area (Å²) in [7, 11) is 0. The van der Waals surface area contributed by atoms with Crippen LogP contribution in [0.25, 0.3) is 11.0 Å². The molecule has 1 aromatic carbocycles. The summed E-state index contributed by atoms with van der Waals surface area (Å²) in [6.45, 7) is 1.45. The van der Waals surface area contributed by atoms with Gasteiger partial charge in [-0.2, -0.15) is 0 Å². The highest BCUT2D eigenvalue weighted by molar-refractivity contribution is 6.35. The number of hydrogen-bond acceptors (Lipinski definition) is 3. The summed E-state index contributed by atoms with van der Waals surface area (Å²) in [5.74, 6) is -1.54. The second-order valence-electron chi connectivity index (χ2n) is 4.66. The molecule has 2 heterocycles. The van der Waals surface area contributed by atoms with Gasteiger partial charge in [0.2, 0.25) is 0 Å². The van der Waals surface area contributed by atoms with Crippen molar-refractivity contribution in [2.45, 2.75) is 6.92 Å². The molecule has 7 heteroatoms. The molecule has 0 bridgehead atoms. The lowest BCUT2D eigenvalue weighted by molar-refractivity contribution is 0.0694. The van der Waals surface area contributed by atoms with E-state index in [1.54, 1.807) is 12.3 Å². The molecule has 112 valence electrons. The number of aromatic nitrogens is 2. The monoisotopic (exact) mass is 320 g/mol. The zero-order valence-electron chi connectivity index (χ0n) is 11.4. The zero-order chi connectivity index (χ0) is 15.9. The number of H-pyrrole nitrogens is 1. The number of fused-ring (bicyclic) bond motifs is 1. The highest BCUT2D eigenvalue weighted by atomic mass is 35.5. The lowest BCUT2D eigenvalue weighted by atomic mass is 10.1. The fraction of sp³-hybridized carbons (Fsp3) is 0.0667. The van der Waals surface area contributed by atoms with Crippen molar-refractivity contribution in [3.8, 4) is 11.5 Å². The third kappa shape index (κ3) is 2.37. The van der Waals surface area contributed by atoms with Gasteiger partial charge in [0.25, 0.3) is 0 Å². The first-order chi connectivity index (χ1) is 10.5. The summed E-state index contributed by atoms with van der Waals surface area (Å²) in [5.41, 5.74) is 0.561. The molecule has 0 spiro atoms. The lowest BCUT2D eigenvalue weighted by Crippen LogP contribution is -2.03. The van der Waals surface area contributed by atoms with E-state index in [4.69, 9.17) is 16.3 Å². The van der Waals surface area contributed by atoms with Gasteiger partial charge in [-0.05, 0) is 25.1 Å². The van der Waals surface area contributed by atoms with Gasteiger partial charge < -0.3 is 14.8 Å².